The topological polar surface area (TPSA) is 56.2 Å². The van der Waals surface area contributed by atoms with Crippen LogP contribution in [0, 0.1) is 6.92 Å². The first kappa shape index (κ1) is 8.99. The van der Waals surface area contributed by atoms with E-state index in [0.29, 0.717) is 11.7 Å². The predicted molar refractivity (Wildman–Crippen MR) is 56.2 cm³/mol. The molecular weight excluding hydrogens is 176 g/mol. The van der Waals surface area contributed by atoms with Crippen LogP contribution in [0.3, 0.4) is 0 Å². The number of rotatable bonds is 1. The van der Waals surface area contributed by atoms with Gasteiger partial charge in [-0.3, -0.25) is 0 Å². The Morgan fingerprint density at radius 2 is 2.14 bits per heavy atom. The molecule has 2 aromatic heterocycles. The molecule has 2 N–H and O–H groups in total. The molecule has 14 heavy (non-hydrogen) atoms. The van der Waals surface area contributed by atoms with Crippen molar-refractivity contribution in [3.63, 3.8) is 0 Å². The Morgan fingerprint density at radius 1 is 1.43 bits per heavy atom. The molecule has 0 saturated carbocycles. The summed E-state index contributed by atoms with van der Waals surface area (Å²) in [7, 11) is 0. The minimum atomic E-state index is 0.436. The maximum Gasteiger partial charge on any atom is 0.151 e. The minimum Gasteiger partial charge on any atom is -0.382 e. The monoisotopic (exact) mass is 190 g/mol. The van der Waals surface area contributed by atoms with Crippen LogP contribution in [-0.2, 0) is 0 Å². The Morgan fingerprint density at radius 3 is 2.79 bits per heavy atom. The molecule has 0 aliphatic heterocycles. The molecule has 0 fully saturated rings. The normalized spacial score (nSPS) is 11.4. The van der Waals surface area contributed by atoms with E-state index < -0.39 is 0 Å². The van der Waals surface area contributed by atoms with E-state index in [1.165, 1.54) is 12.0 Å². The maximum absolute atomic E-state index is 5.80. The van der Waals surface area contributed by atoms with Gasteiger partial charge in [0.2, 0.25) is 0 Å². The fraction of sp³-hybridized carbons (Fsp3) is 0.400. The number of anilines is 1. The third-order valence-electron chi connectivity index (χ3n) is 2.39. The van der Waals surface area contributed by atoms with Crippen molar-refractivity contribution in [3.05, 3.63) is 23.7 Å². The molecule has 0 saturated heterocycles. The van der Waals surface area contributed by atoms with Gasteiger partial charge in [0.1, 0.15) is 11.8 Å². The number of fused-ring (bicyclic) bond motifs is 1. The number of nitrogens with two attached hydrogens (primary N) is 1. The van der Waals surface area contributed by atoms with Crippen LogP contribution in [0.1, 0.15) is 31.0 Å². The van der Waals surface area contributed by atoms with Gasteiger partial charge in [-0.05, 0) is 24.5 Å². The SMILES string of the molecule is Cc1cc(C(C)C)n2ncnc(N)c12. The zero-order chi connectivity index (χ0) is 10.3. The number of aryl methyl sites for hydroxylation is 1. The molecular formula is C10H14N4. The number of hydrogen-bond acceptors (Lipinski definition) is 3. The summed E-state index contributed by atoms with van der Waals surface area (Å²) in [5.41, 5.74) is 9.03. The molecule has 0 radical (unpaired) electrons. The Bertz CT molecular complexity index is 470. The highest BCUT2D eigenvalue weighted by Crippen LogP contribution is 2.23. The van der Waals surface area contributed by atoms with Crippen molar-refractivity contribution in [1.29, 1.82) is 0 Å². The summed E-state index contributed by atoms with van der Waals surface area (Å²) in [5, 5.41) is 4.21. The van der Waals surface area contributed by atoms with E-state index in [1.807, 2.05) is 11.4 Å². The molecule has 0 aliphatic carbocycles. The van der Waals surface area contributed by atoms with Gasteiger partial charge in [0, 0.05) is 5.69 Å². The summed E-state index contributed by atoms with van der Waals surface area (Å²) < 4.78 is 1.88. The standard InChI is InChI=1S/C10H14N4/c1-6(2)8-4-7(3)9-10(11)12-5-13-14(8)9/h4-6H,1-3H3,(H2,11,12,13). The van der Waals surface area contributed by atoms with Crippen LogP contribution < -0.4 is 5.73 Å². The molecule has 0 aromatic carbocycles. The lowest BCUT2D eigenvalue weighted by Gasteiger charge is -2.04. The van der Waals surface area contributed by atoms with Crippen molar-refractivity contribution in [2.75, 3.05) is 5.73 Å². The molecule has 0 unspecified atom stereocenters. The van der Waals surface area contributed by atoms with Crippen LogP contribution in [0.2, 0.25) is 0 Å². The Labute approximate surface area is 82.8 Å². The van der Waals surface area contributed by atoms with Crippen molar-refractivity contribution in [2.45, 2.75) is 26.7 Å². The summed E-state index contributed by atoms with van der Waals surface area (Å²) in [6.07, 6.45) is 1.49. The largest absolute Gasteiger partial charge is 0.382 e. The van der Waals surface area contributed by atoms with Crippen LogP contribution in [0.25, 0.3) is 5.52 Å². The van der Waals surface area contributed by atoms with Gasteiger partial charge in [0.15, 0.2) is 5.82 Å². The smallest absolute Gasteiger partial charge is 0.151 e. The van der Waals surface area contributed by atoms with Gasteiger partial charge in [-0.1, -0.05) is 13.8 Å². The number of aromatic nitrogens is 3. The molecule has 0 amide bonds. The molecule has 2 aromatic rings. The summed E-state index contributed by atoms with van der Waals surface area (Å²) in [6, 6.07) is 2.12. The van der Waals surface area contributed by atoms with E-state index in [-0.39, 0.29) is 0 Å². The highest BCUT2D eigenvalue weighted by Gasteiger charge is 2.12. The lowest BCUT2D eigenvalue weighted by Crippen LogP contribution is -2.03. The summed E-state index contributed by atoms with van der Waals surface area (Å²) in [6.45, 7) is 6.31. The molecule has 0 spiro atoms. The first-order valence-electron chi connectivity index (χ1n) is 4.70. The molecule has 2 heterocycles. The fourth-order valence-electron chi connectivity index (χ4n) is 1.69. The molecule has 0 aliphatic rings. The number of nitrogen functional groups attached to an aromatic ring is 1. The van der Waals surface area contributed by atoms with Crippen molar-refractivity contribution in [3.8, 4) is 0 Å². The van der Waals surface area contributed by atoms with E-state index in [0.717, 1.165) is 11.1 Å². The Kier molecular flexibility index (Phi) is 1.91. The van der Waals surface area contributed by atoms with Crippen molar-refractivity contribution in [2.24, 2.45) is 0 Å². The van der Waals surface area contributed by atoms with Crippen LogP contribution in [0.4, 0.5) is 5.82 Å². The second-order valence-electron chi connectivity index (χ2n) is 3.81. The average molecular weight is 190 g/mol. The summed E-state index contributed by atoms with van der Waals surface area (Å²) in [5.74, 6) is 0.981. The molecule has 74 valence electrons. The number of nitrogens with zero attached hydrogens (tertiary/aromatic N) is 3. The van der Waals surface area contributed by atoms with Gasteiger partial charge in [-0.25, -0.2) is 9.50 Å². The lowest BCUT2D eigenvalue weighted by atomic mass is 10.1. The third kappa shape index (κ3) is 1.14. The molecule has 2 rings (SSSR count). The quantitative estimate of drug-likeness (QED) is 0.745. The van der Waals surface area contributed by atoms with E-state index >= 15 is 0 Å². The fourth-order valence-corrected chi connectivity index (χ4v) is 1.69. The van der Waals surface area contributed by atoms with Crippen LogP contribution in [0.5, 0.6) is 0 Å². The lowest BCUT2D eigenvalue weighted by molar-refractivity contribution is 0.752. The van der Waals surface area contributed by atoms with Gasteiger partial charge in [0.25, 0.3) is 0 Å². The summed E-state index contributed by atoms with van der Waals surface area (Å²) in [4.78, 5) is 3.99. The zero-order valence-corrected chi connectivity index (χ0v) is 8.65. The van der Waals surface area contributed by atoms with Crippen molar-refractivity contribution < 1.29 is 0 Å². The van der Waals surface area contributed by atoms with Crippen molar-refractivity contribution >= 4 is 11.3 Å². The average Bonchev–Trinajstić information content (AvgIpc) is 2.45. The number of hydrogen-bond donors (Lipinski definition) is 1. The van der Waals surface area contributed by atoms with E-state index in [4.69, 9.17) is 5.73 Å². The predicted octanol–water partition coefficient (Wildman–Crippen LogP) is 1.74. The van der Waals surface area contributed by atoms with Crippen LogP contribution in [0.15, 0.2) is 12.4 Å². The van der Waals surface area contributed by atoms with E-state index in [2.05, 4.69) is 30.0 Å². The van der Waals surface area contributed by atoms with Gasteiger partial charge in [-0.15, -0.1) is 0 Å². The van der Waals surface area contributed by atoms with Crippen molar-refractivity contribution in [1.82, 2.24) is 14.6 Å². The second-order valence-corrected chi connectivity index (χ2v) is 3.81. The Balaban J connectivity index is 2.84. The van der Waals surface area contributed by atoms with Gasteiger partial charge in [0.05, 0.1) is 0 Å². The zero-order valence-electron chi connectivity index (χ0n) is 8.65. The molecule has 4 nitrogen and oxygen atoms in total. The van der Waals surface area contributed by atoms with Crippen LogP contribution in [-0.4, -0.2) is 14.6 Å². The first-order chi connectivity index (χ1) is 6.61. The van der Waals surface area contributed by atoms with E-state index in [9.17, 15) is 0 Å². The van der Waals surface area contributed by atoms with Gasteiger partial charge in [-0.2, -0.15) is 5.10 Å². The van der Waals surface area contributed by atoms with Gasteiger partial charge < -0.3 is 5.73 Å². The second kappa shape index (κ2) is 2.97. The summed E-state index contributed by atoms with van der Waals surface area (Å²) >= 11 is 0. The van der Waals surface area contributed by atoms with E-state index in [1.54, 1.807) is 0 Å². The van der Waals surface area contributed by atoms with Crippen LogP contribution >= 0.6 is 0 Å². The molecule has 4 heteroatoms. The minimum absolute atomic E-state index is 0.436. The highest BCUT2D eigenvalue weighted by atomic mass is 15.3. The third-order valence-corrected chi connectivity index (χ3v) is 2.39. The molecule has 0 atom stereocenters. The maximum atomic E-state index is 5.80. The first-order valence-corrected chi connectivity index (χ1v) is 4.70. The van der Waals surface area contributed by atoms with Gasteiger partial charge >= 0.3 is 0 Å². The Hall–Kier alpha value is -1.58. The highest BCUT2D eigenvalue weighted by molar-refractivity contribution is 5.70. The molecule has 0 bridgehead atoms.